The zero-order chi connectivity index (χ0) is 16.5. The van der Waals surface area contributed by atoms with Crippen LogP contribution in [-0.2, 0) is 6.18 Å². The average molecular weight is 393 g/mol. The number of nitrogens with zero attached hydrogens (tertiary/aromatic N) is 1. The van der Waals surface area contributed by atoms with Gasteiger partial charge in [0.1, 0.15) is 5.75 Å². The Morgan fingerprint density at radius 3 is 2.50 bits per heavy atom. The molecule has 0 unspecified atom stereocenters. The summed E-state index contributed by atoms with van der Waals surface area (Å²) in [5, 5.41) is 9.79. The maximum atomic E-state index is 12.6. The summed E-state index contributed by atoms with van der Waals surface area (Å²) in [6.07, 6.45) is -3.10. The Labute approximate surface area is 138 Å². The van der Waals surface area contributed by atoms with E-state index in [2.05, 4.69) is 20.9 Å². The third-order valence-corrected chi connectivity index (χ3v) is 3.76. The van der Waals surface area contributed by atoms with E-state index >= 15 is 0 Å². The summed E-state index contributed by atoms with van der Waals surface area (Å²) in [6, 6.07) is 6.34. The first-order valence-electron chi connectivity index (χ1n) is 6.08. The lowest BCUT2D eigenvalue weighted by Gasteiger charge is -2.08. The van der Waals surface area contributed by atoms with Gasteiger partial charge in [-0.05, 0) is 58.7 Å². The quantitative estimate of drug-likeness (QED) is 0.635. The largest absolute Gasteiger partial charge is 0.506 e. The van der Waals surface area contributed by atoms with Crippen molar-refractivity contribution in [3.8, 4) is 5.75 Å². The van der Waals surface area contributed by atoms with Crippen LogP contribution in [0.1, 0.15) is 16.7 Å². The van der Waals surface area contributed by atoms with Gasteiger partial charge in [-0.1, -0.05) is 11.6 Å². The van der Waals surface area contributed by atoms with Crippen molar-refractivity contribution in [2.75, 3.05) is 0 Å². The maximum Gasteiger partial charge on any atom is 0.416 e. The second-order valence-electron chi connectivity index (χ2n) is 4.61. The van der Waals surface area contributed by atoms with Gasteiger partial charge < -0.3 is 5.11 Å². The molecule has 2 aromatic rings. The molecule has 0 aromatic heterocycles. The van der Waals surface area contributed by atoms with Gasteiger partial charge in [0.25, 0.3) is 0 Å². The Hall–Kier alpha value is -1.53. The molecule has 2 rings (SSSR count). The number of benzene rings is 2. The second kappa shape index (κ2) is 6.30. The van der Waals surface area contributed by atoms with E-state index in [0.717, 1.165) is 17.7 Å². The van der Waals surface area contributed by atoms with E-state index in [4.69, 9.17) is 11.6 Å². The molecule has 0 atom stereocenters. The molecule has 0 saturated heterocycles. The molecule has 0 radical (unpaired) electrons. The minimum absolute atomic E-state index is 0.00242. The number of hydrogen-bond acceptors (Lipinski definition) is 2. The molecule has 0 aliphatic carbocycles. The van der Waals surface area contributed by atoms with Crippen molar-refractivity contribution >= 4 is 39.4 Å². The first kappa shape index (κ1) is 16.8. The van der Waals surface area contributed by atoms with Crippen LogP contribution < -0.4 is 0 Å². The molecule has 0 fully saturated rings. The molecule has 0 saturated carbocycles. The predicted octanol–water partition coefficient (Wildman–Crippen LogP) is 5.89. The number of halogens is 5. The van der Waals surface area contributed by atoms with Gasteiger partial charge in [0.05, 0.1) is 20.7 Å². The lowest BCUT2D eigenvalue weighted by molar-refractivity contribution is -0.137. The number of alkyl halides is 3. The SMILES string of the molecule is Cc1cc(Br)c(O)c(C=Nc2ccc(C(F)(F)F)cc2Cl)c1. The van der Waals surface area contributed by atoms with Crippen LogP contribution in [0.2, 0.25) is 5.02 Å². The van der Waals surface area contributed by atoms with Gasteiger partial charge >= 0.3 is 6.18 Å². The Kier molecular flexibility index (Phi) is 4.82. The fourth-order valence-corrected chi connectivity index (χ4v) is 2.61. The van der Waals surface area contributed by atoms with Crippen molar-refractivity contribution in [1.29, 1.82) is 0 Å². The number of phenols is 1. The molecule has 22 heavy (non-hydrogen) atoms. The summed E-state index contributed by atoms with van der Waals surface area (Å²) in [5.74, 6) is -0.00242. The highest BCUT2D eigenvalue weighted by Gasteiger charge is 2.30. The summed E-state index contributed by atoms with van der Waals surface area (Å²) in [6.45, 7) is 1.84. The van der Waals surface area contributed by atoms with E-state index in [1.165, 1.54) is 12.3 Å². The summed E-state index contributed by atoms with van der Waals surface area (Å²) in [7, 11) is 0. The number of aryl methyl sites for hydroxylation is 1. The number of hydrogen-bond donors (Lipinski definition) is 1. The smallest absolute Gasteiger partial charge is 0.416 e. The van der Waals surface area contributed by atoms with E-state index in [1.807, 2.05) is 6.92 Å². The van der Waals surface area contributed by atoms with Crippen LogP contribution in [0.25, 0.3) is 0 Å². The van der Waals surface area contributed by atoms with Crippen molar-refractivity contribution < 1.29 is 18.3 Å². The first-order valence-corrected chi connectivity index (χ1v) is 7.25. The van der Waals surface area contributed by atoms with Crippen LogP contribution >= 0.6 is 27.5 Å². The van der Waals surface area contributed by atoms with Crippen molar-refractivity contribution in [2.45, 2.75) is 13.1 Å². The van der Waals surface area contributed by atoms with Gasteiger partial charge in [0.15, 0.2) is 0 Å². The normalized spacial score (nSPS) is 12.1. The molecule has 0 spiro atoms. The highest BCUT2D eigenvalue weighted by atomic mass is 79.9. The first-order chi connectivity index (χ1) is 10.2. The predicted molar refractivity (Wildman–Crippen MR) is 84.3 cm³/mol. The van der Waals surface area contributed by atoms with E-state index in [-0.39, 0.29) is 16.5 Å². The van der Waals surface area contributed by atoms with Crippen molar-refractivity contribution in [1.82, 2.24) is 0 Å². The fraction of sp³-hybridized carbons (Fsp3) is 0.133. The van der Waals surface area contributed by atoms with E-state index in [0.29, 0.717) is 10.0 Å². The lowest BCUT2D eigenvalue weighted by atomic mass is 10.1. The summed E-state index contributed by atoms with van der Waals surface area (Å²) < 4.78 is 38.2. The topological polar surface area (TPSA) is 32.6 Å². The van der Waals surface area contributed by atoms with Gasteiger partial charge in [-0.3, -0.25) is 4.99 Å². The van der Waals surface area contributed by atoms with Crippen LogP contribution in [0.5, 0.6) is 5.75 Å². The molecule has 0 aliphatic heterocycles. The second-order valence-corrected chi connectivity index (χ2v) is 5.87. The van der Waals surface area contributed by atoms with Crippen LogP contribution in [0.4, 0.5) is 18.9 Å². The lowest BCUT2D eigenvalue weighted by Crippen LogP contribution is -2.04. The van der Waals surface area contributed by atoms with Gasteiger partial charge in [-0.15, -0.1) is 0 Å². The standard InChI is InChI=1S/C15H10BrClF3NO/c1-8-4-9(14(22)11(16)5-8)7-21-13-3-2-10(6-12(13)17)15(18,19)20/h2-7,22H,1H3. The van der Waals surface area contributed by atoms with E-state index in [9.17, 15) is 18.3 Å². The van der Waals surface area contributed by atoms with Gasteiger partial charge in [0, 0.05) is 11.8 Å². The number of aliphatic imine (C=N–C) groups is 1. The molecule has 2 aromatic carbocycles. The monoisotopic (exact) mass is 391 g/mol. The van der Waals surface area contributed by atoms with Crippen LogP contribution in [0.15, 0.2) is 39.8 Å². The van der Waals surface area contributed by atoms with E-state index in [1.54, 1.807) is 12.1 Å². The minimum Gasteiger partial charge on any atom is -0.506 e. The third kappa shape index (κ3) is 3.81. The number of phenolic OH excluding ortho intramolecular Hbond substituents is 1. The zero-order valence-corrected chi connectivity index (χ0v) is 13.6. The Bertz CT molecular complexity index is 744. The molecule has 1 N–H and O–H groups in total. The number of aromatic hydroxyl groups is 1. The van der Waals surface area contributed by atoms with Crippen LogP contribution in [0, 0.1) is 6.92 Å². The van der Waals surface area contributed by atoms with Gasteiger partial charge in [-0.25, -0.2) is 0 Å². The van der Waals surface area contributed by atoms with Gasteiger partial charge in [0.2, 0.25) is 0 Å². The highest BCUT2D eigenvalue weighted by molar-refractivity contribution is 9.10. The van der Waals surface area contributed by atoms with E-state index < -0.39 is 11.7 Å². The Balaban J connectivity index is 2.35. The molecule has 2 nitrogen and oxygen atoms in total. The zero-order valence-electron chi connectivity index (χ0n) is 11.2. The highest BCUT2D eigenvalue weighted by Crippen LogP contribution is 2.35. The number of rotatable bonds is 2. The summed E-state index contributed by atoms with van der Waals surface area (Å²) in [5.41, 5.74) is 0.678. The summed E-state index contributed by atoms with van der Waals surface area (Å²) >= 11 is 9.02. The Morgan fingerprint density at radius 1 is 1.23 bits per heavy atom. The van der Waals surface area contributed by atoms with Crippen molar-refractivity contribution in [2.24, 2.45) is 4.99 Å². The molecule has 0 heterocycles. The molecule has 0 bridgehead atoms. The third-order valence-electron chi connectivity index (χ3n) is 2.85. The van der Waals surface area contributed by atoms with Crippen molar-refractivity contribution in [3.63, 3.8) is 0 Å². The fourth-order valence-electron chi connectivity index (χ4n) is 1.79. The van der Waals surface area contributed by atoms with Gasteiger partial charge in [-0.2, -0.15) is 13.2 Å². The summed E-state index contributed by atoms with van der Waals surface area (Å²) in [4.78, 5) is 4.04. The molecule has 0 aliphatic rings. The molecule has 0 amide bonds. The minimum atomic E-state index is -4.45. The molecule has 116 valence electrons. The Morgan fingerprint density at radius 2 is 1.91 bits per heavy atom. The maximum absolute atomic E-state index is 12.6. The van der Waals surface area contributed by atoms with Crippen LogP contribution in [-0.4, -0.2) is 11.3 Å². The van der Waals surface area contributed by atoms with Crippen LogP contribution in [0.3, 0.4) is 0 Å². The molecular formula is C15H10BrClF3NO. The van der Waals surface area contributed by atoms with Crippen molar-refractivity contribution in [3.05, 3.63) is 56.5 Å². The average Bonchev–Trinajstić information content (AvgIpc) is 2.41. The molecular weight excluding hydrogens is 383 g/mol. The molecule has 7 heteroatoms.